The summed E-state index contributed by atoms with van der Waals surface area (Å²) in [6, 6.07) is 5.93. The first kappa shape index (κ1) is 14.6. The van der Waals surface area contributed by atoms with E-state index in [0.29, 0.717) is 31.5 Å². The maximum atomic E-state index is 12.8. The first-order valence-corrected chi connectivity index (χ1v) is 6.70. The van der Waals surface area contributed by atoms with E-state index >= 15 is 0 Å². The molecule has 1 heterocycles. The van der Waals surface area contributed by atoms with Crippen LogP contribution in [0.5, 0.6) is 5.75 Å². The summed E-state index contributed by atoms with van der Waals surface area (Å²) in [6.45, 7) is 5.25. The second-order valence-corrected chi connectivity index (χ2v) is 4.68. The van der Waals surface area contributed by atoms with Crippen molar-refractivity contribution in [1.29, 1.82) is 0 Å². The number of nitrogens with two attached hydrogens (primary N) is 1. The van der Waals surface area contributed by atoms with E-state index in [2.05, 4.69) is 4.99 Å². The first-order valence-electron chi connectivity index (χ1n) is 6.70. The number of nitrogens with zero attached hydrogens (tertiary/aromatic N) is 2. The fourth-order valence-electron chi connectivity index (χ4n) is 1.90. The van der Waals surface area contributed by atoms with Gasteiger partial charge in [-0.25, -0.2) is 9.38 Å². The first-order chi connectivity index (χ1) is 9.65. The molecule has 1 atom stereocenters. The van der Waals surface area contributed by atoms with Crippen LogP contribution in [0.2, 0.25) is 0 Å². The molecule has 5 nitrogen and oxygen atoms in total. The average molecular weight is 281 g/mol. The monoisotopic (exact) mass is 281 g/mol. The zero-order valence-corrected chi connectivity index (χ0v) is 11.6. The lowest BCUT2D eigenvalue weighted by Crippen LogP contribution is -2.45. The Bertz CT molecular complexity index is 444. The van der Waals surface area contributed by atoms with Gasteiger partial charge in [-0.3, -0.25) is 0 Å². The van der Waals surface area contributed by atoms with Crippen molar-refractivity contribution in [2.45, 2.75) is 13.0 Å². The van der Waals surface area contributed by atoms with Crippen LogP contribution >= 0.6 is 0 Å². The van der Waals surface area contributed by atoms with Gasteiger partial charge < -0.3 is 20.1 Å². The summed E-state index contributed by atoms with van der Waals surface area (Å²) in [5.41, 5.74) is 5.93. The molecule has 1 aliphatic heterocycles. The number of aliphatic imine (C=N–C) groups is 1. The minimum absolute atomic E-state index is 0.125. The molecule has 0 amide bonds. The molecule has 1 aliphatic rings. The highest BCUT2D eigenvalue weighted by Crippen LogP contribution is 2.13. The van der Waals surface area contributed by atoms with Crippen molar-refractivity contribution < 1.29 is 13.9 Å². The SMILES string of the molecule is CC(CN=C(N)N1CCOCC1)Oc1ccc(F)cc1. The van der Waals surface area contributed by atoms with Crippen LogP contribution in [0.15, 0.2) is 29.3 Å². The maximum Gasteiger partial charge on any atom is 0.191 e. The molecule has 20 heavy (non-hydrogen) atoms. The number of rotatable bonds is 4. The largest absolute Gasteiger partial charge is 0.489 e. The van der Waals surface area contributed by atoms with Crippen LogP contribution in [0.4, 0.5) is 4.39 Å². The highest BCUT2D eigenvalue weighted by Gasteiger charge is 2.12. The van der Waals surface area contributed by atoms with Crippen molar-refractivity contribution >= 4 is 5.96 Å². The second kappa shape index (κ2) is 7.09. The molecule has 1 saturated heterocycles. The van der Waals surface area contributed by atoms with E-state index in [1.54, 1.807) is 12.1 Å². The van der Waals surface area contributed by atoms with Crippen LogP contribution in [-0.2, 0) is 4.74 Å². The number of hydrogen-bond donors (Lipinski definition) is 1. The van der Waals surface area contributed by atoms with Crippen molar-refractivity contribution in [3.63, 3.8) is 0 Å². The Hall–Kier alpha value is -1.82. The van der Waals surface area contributed by atoms with Gasteiger partial charge >= 0.3 is 0 Å². The van der Waals surface area contributed by atoms with Crippen LogP contribution in [0.25, 0.3) is 0 Å². The summed E-state index contributed by atoms with van der Waals surface area (Å²) >= 11 is 0. The number of halogens is 1. The summed E-state index contributed by atoms with van der Waals surface area (Å²) in [7, 11) is 0. The molecule has 0 radical (unpaired) electrons. The lowest BCUT2D eigenvalue weighted by Gasteiger charge is -2.27. The van der Waals surface area contributed by atoms with E-state index in [4.69, 9.17) is 15.2 Å². The van der Waals surface area contributed by atoms with Crippen molar-refractivity contribution in [1.82, 2.24) is 4.90 Å². The Morgan fingerprint density at radius 2 is 2.05 bits per heavy atom. The van der Waals surface area contributed by atoms with Crippen LogP contribution in [-0.4, -0.2) is 49.8 Å². The van der Waals surface area contributed by atoms with Crippen molar-refractivity contribution in [2.75, 3.05) is 32.8 Å². The predicted molar refractivity (Wildman–Crippen MR) is 75.4 cm³/mol. The zero-order chi connectivity index (χ0) is 14.4. The van der Waals surface area contributed by atoms with Gasteiger partial charge in [0.1, 0.15) is 17.7 Å². The lowest BCUT2D eigenvalue weighted by molar-refractivity contribution is 0.0673. The second-order valence-electron chi connectivity index (χ2n) is 4.68. The molecular formula is C14H20FN3O2. The summed E-state index contributed by atoms with van der Waals surface area (Å²) in [4.78, 5) is 6.32. The molecule has 1 fully saturated rings. The van der Waals surface area contributed by atoms with E-state index < -0.39 is 0 Å². The molecule has 0 saturated carbocycles. The van der Waals surface area contributed by atoms with E-state index in [9.17, 15) is 4.39 Å². The van der Waals surface area contributed by atoms with Gasteiger partial charge in [0.2, 0.25) is 0 Å². The Balaban J connectivity index is 1.81. The van der Waals surface area contributed by atoms with Gasteiger partial charge in [-0.1, -0.05) is 0 Å². The summed E-state index contributed by atoms with van der Waals surface area (Å²) in [5.74, 6) is 0.862. The van der Waals surface area contributed by atoms with Gasteiger partial charge in [0.25, 0.3) is 0 Å². The van der Waals surface area contributed by atoms with E-state index in [-0.39, 0.29) is 11.9 Å². The summed E-state index contributed by atoms with van der Waals surface area (Å²) < 4.78 is 23.7. The molecule has 2 rings (SSSR count). The minimum Gasteiger partial charge on any atom is -0.489 e. The number of morpholine rings is 1. The number of benzene rings is 1. The van der Waals surface area contributed by atoms with Crippen LogP contribution in [0.1, 0.15) is 6.92 Å². The topological polar surface area (TPSA) is 60.1 Å². The fourth-order valence-corrected chi connectivity index (χ4v) is 1.90. The molecule has 0 spiro atoms. The van der Waals surface area contributed by atoms with Crippen molar-refractivity contribution in [3.8, 4) is 5.75 Å². The Kier molecular flexibility index (Phi) is 5.17. The molecule has 0 bridgehead atoms. The van der Waals surface area contributed by atoms with E-state index in [0.717, 1.165) is 13.1 Å². The fraction of sp³-hybridized carbons (Fsp3) is 0.500. The van der Waals surface area contributed by atoms with Gasteiger partial charge in [0.05, 0.1) is 19.8 Å². The Labute approximate surface area is 118 Å². The molecule has 6 heteroatoms. The zero-order valence-electron chi connectivity index (χ0n) is 11.6. The summed E-state index contributed by atoms with van der Waals surface area (Å²) in [6.07, 6.45) is -0.125. The smallest absolute Gasteiger partial charge is 0.191 e. The molecule has 1 unspecified atom stereocenters. The van der Waals surface area contributed by atoms with Gasteiger partial charge in [0, 0.05) is 13.1 Å². The third kappa shape index (κ3) is 4.38. The third-order valence-electron chi connectivity index (χ3n) is 3.00. The van der Waals surface area contributed by atoms with Crippen LogP contribution in [0, 0.1) is 5.82 Å². The summed E-state index contributed by atoms with van der Waals surface area (Å²) in [5, 5.41) is 0. The van der Waals surface area contributed by atoms with Crippen LogP contribution < -0.4 is 10.5 Å². The number of hydrogen-bond acceptors (Lipinski definition) is 3. The molecule has 2 N–H and O–H groups in total. The Morgan fingerprint density at radius 1 is 1.40 bits per heavy atom. The van der Waals surface area contributed by atoms with Crippen molar-refractivity contribution in [3.05, 3.63) is 30.1 Å². The molecule has 0 aromatic heterocycles. The maximum absolute atomic E-state index is 12.8. The van der Waals surface area contributed by atoms with Crippen LogP contribution in [0.3, 0.4) is 0 Å². The van der Waals surface area contributed by atoms with E-state index in [1.807, 2.05) is 11.8 Å². The molecule has 1 aromatic carbocycles. The number of ether oxygens (including phenoxy) is 2. The molecule has 0 aliphatic carbocycles. The van der Waals surface area contributed by atoms with Gasteiger partial charge in [-0.15, -0.1) is 0 Å². The molecule has 1 aromatic rings. The van der Waals surface area contributed by atoms with Gasteiger partial charge in [-0.05, 0) is 31.2 Å². The third-order valence-corrected chi connectivity index (χ3v) is 3.00. The predicted octanol–water partition coefficient (Wildman–Crippen LogP) is 1.24. The Morgan fingerprint density at radius 3 is 2.70 bits per heavy atom. The number of guanidine groups is 1. The lowest BCUT2D eigenvalue weighted by atomic mass is 10.3. The minimum atomic E-state index is -0.278. The standard InChI is InChI=1S/C14H20FN3O2/c1-11(20-13-4-2-12(15)3-5-13)10-17-14(16)18-6-8-19-9-7-18/h2-5,11H,6-10H2,1H3,(H2,16,17). The average Bonchev–Trinajstić information content (AvgIpc) is 2.48. The van der Waals surface area contributed by atoms with Gasteiger partial charge in [0.15, 0.2) is 5.96 Å². The molecule has 110 valence electrons. The normalized spacial score (nSPS) is 17.9. The highest BCUT2D eigenvalue weighted by atomic mass is 19.1. The quantitative estimate of drug-likeness (QED) is 0.666. The van der Waals surface area contributed by atoms with E-state index in [1.165, 1.54) is 12.1 Å². The molecular weight excluding hydrogens is 261 g/mol. The van der Waals surface area contributed by atoms with Gasteiger partial charge in [-0.2, -0.15) is 0 Å². The highest BCUT2D eigenvalue weighted by molar-refractivity contribution is 5.78. The van der Waals surface area contributed by atoms with Crippen molar-refractivity contribution in [2.24, 2.45) is 10.7 Å².